The van der Waals surface area contributed by atoms with Crippen molar-refractivity contribution < 1.29 is 14.6 Å². The summed E-state index contributed by atoms with van der Waals surface area (Å²) in [6, 6.07) is 7.65. The Labute approximate surface area is 123 Å². The van der Waals surface area contributed by atoms with Crippen molar-refractivity contribution >= 4 is 16.8 Å². The number of aliphatic hydroxyl groups excluding tert-OH is 1. The first kappa shape index (κ1) is 13.9. The van der Waals surface area contributed by atoms with Gasteiger partial charge in [-0.3, -0.25) is 4.79 Å². The van der Waals surface area contributed by atoms with E-state index in [1.54, 1.807) is 4.90 Å². The normalized spacial score (nSPS) is 18.4. The van der Waals surface area contributed by atoms with Crippen molar-refractivity contribution in [3.05, 3.63) is 30.0 Å². The minimum Gasteiger partial charge on any atom is -0.494 e. The largest absolute Gasteiger partial charge is 0.494 e. The quantitative estimate of drug-likeness (QED) is 0.904. The lowest BCUT2D eigenvalue weighted by molar-refractivity contribution is 0.0777. The Bertz CT molecular complexity index is 650. The molecule has 1 aromatic carbocycles. The van der Waals surface area contributed by atoms with Gasteiger partial charge in [0.1, 0.15) is 11.4 Å². The Morgan fingerprint density at radius 2 is 2.33 bits per heavy atom. The molecule has 1 atom stereocenters. The van der Waals surface area contributed by atoms with Gasteiger partial charge in [0.15, 0.2) is 0 Å². The topological polar surface area (TPSA) is 65.6 Å². The Hall–Kier alpha value is -2.01. The molecule has 5 nitrogen and oxygen atoms in total. The predicted molar refractivity (Wildman–Crippen MR) is 80.6 cm³/mol. The van der Waals surface area contributed by atoms with Gasteiger partial charge in [-0.1, -0.05) is 0 Å². The van der Waals surface area contributed by atoms with Crippen LogP contribution in [-0.4, -0.2) is 47.2 Å². The van der Waals surface area contributed by atoms with E-state index in [1.165, 1.54) is 0 Å². The van der Waals surface area contributed by atoms with Crippen LogP contribution in [0.2, 0.25) is 0 Å². The lowest BCUT2D eigenvalue weighted by Crippen LogP contribution is -2.29. The summed E-state index contributed by atoms with van der Waals surface area (Å²) in [6.07, 6.45) is 0.872. The van der Waals surface area contributed by atoms with E-state index in [0.717, 1.165) is 23.1 Å². The molecular formula is C16H20N2O3. The molecule has 1 fully saturated rings. The van der Waals surface area contributed by atoms with Crippen molar-refractivity contribution in [3.63, 3.8) is 0 Å². The van der Waals surface area contributed by atoms with E-state index in [9.17, 15) is 9.90 Å². The Morgan fingerprint density at radius 3 is 3.05 bits per heavy atom. The van der Waals surface area contributed by atoms with Gasteiger partial charge in [0, 0.05) is 42.6 Å². The van der Waals surface area contributed by atoms with Gasteiger partial charge >= 0.3 is 0 Å². The molecule has 0 spiro atoms. The predicted octanol–water partition coefficient (Wildman–Crippen LogP) is 2.02. The molecule has 0 saturated carbocycles. The number of nitrogens with zero attached hydrogens (tertiary/aromatic N) is 1. The number of fused-ring (bicyclic) bond motifs is 1. The van der Waals surface area contributed by atoms with Crippen molar-refractivity contribution in [2.24, 2.45) is 5.92 Å². The molecule has 1 unspecified atom stereocenters. The number of aromatic nitrogens is 1. The molecule has 21 heavy (non-hydrogen) atoms. The second-order valence-corrected chi connectivity index (χ2v) is 5.45. The fourth-order valence-corrected chi connectivity index (χ4v) is 2.81. The summed E-state index contributed by atoms with van der Waals surface area (Å²) in [7, 11) is 0. The molecule has 2 aromatic rings. The number of hydrogen-bond donors (Lipinski definition) is 2. The van der Waals surface area contributed by atoms with Gasteiger partial charge in [0.2, 0.25) is 0 Å². The van der Waals surface area contributed by atoms with Gasteiger partial charge < -0.3 is 19.7 Å². The van der Waals surface area contributed by atoms with Crippen LogP contribution in [0, 0.1) is 5.92 Å². The van der Waals surface area contributed by atoms with Gasteiger partial charge in [-0.25, -0.2) is 0 Å². The van der Waals surface area contributed by atoms with Crippen LogP contribution in [0.4, 0.5) is 0 Å². The SMILES string of the molecule is CCOc1ccc2cc(C(=O)N3CCC(CO)C3)[nH]c2c1. The van der Waals surface area contributed by atoms with Gasteiger partial charge in [-0.05, 0) is 31.5 Å². The standard InChI is InChI=1S/C16H20N2O3/c1-2-21-13-4-3-12-7-15(17-14(12)8-13)16(20)18-6-5-11(9-18)10-19/h3-4,7-8,11,17,19H,2,5-6,9-10H2,1H3. The Morgan fingerprint density at radius 1 is 1.48 bits per heavy atom. The van der Waals surface area contributed by atoms with Crippen LogP contribution < -0.4 is 4.74 Å². The molecule has 3 rings (SSSR count). The molecule has 0 aliphatic carbocycles. The first-order valence-corrected chi connectivity index (χ1v) is 7.37. The maximum Gasteiger partial charge on any atom is 0.270 e. The van der Waals surface area contributed by atoms with E-state index < -0.39 is 0 Å². The molecule has 1 saturated heterocycles. The Balaban J connectivity index is 1.82. The molecule has 5 heteroatoms. The molecule has 112 valence electrons. The van der Waals surface area contributed by atoms with Crippen molar-refractivity contribution in [1.29, 1.82) is 0 Å². The molecule has 1 aliphatic heterocycles. The zero-order valence-corrected chi connectivity index (χ0v) is 12.1. The summed E-state index contributed by atoms with van der Waals surface area (Å²) in [5.74, 6) is 1.01. The highest BCUT2D eigenvalue weighted by atomic mass is 16.5. The number of H-pyrrole nitrogens is 1. The van der Waals surface area contributed by atoms with Crippen molar-refractivity contribution in [3.8, 4) is 5.75 Å². The van der Waals surface area contributed by atoms with E-state index in [4.69, 9.17) is 4.74 Å². The number of carbonyl (C=O) groups excluding carboxylic acids is 1. The zero-order chi connectivity index (χ0) is 14.8. The fourth-order valence-electron chi connectivity index (χ4n) is 2.81. The summed E-state index contributed by atoms with van der Waals surface area (Å²) in [6.45, 7) is 4.06. The minimum atomic E-state index is 0.000102. The Kier molecular flexibility index (Phi) is 3.84. The number of carbonyl (C=O) groups is 1. The summed E-state index contributed by atoms with van der Waals surface area (Å²) < 4.78 is 5.47. The molecule has 2 heterocycles. The minimum absolute atomic E-state index is 0.000102. The number of amides is 1. The van der Waals surface area contributed by atoms with Crippen LogP contribution >= 0.6 is 0 Å². The van der Waals surface area contributed by atoms with Crippen LogP contribution in [-0.2, 0) is 0 Å². The number of rotatable bonds is 4. The van der Waals surface area contributed by atoms with Gasteiger partial charge in [0.05, 0.1) is 6.61 Å². The van der Waals surface area contributed by atoms with E-state index in [1.807, 2.05) is 31.2 Å². The van der Waals surface area contributed by atoms with Gasteiger partial charge in [-0.2, -0.15) is 0 Å². The van der Waals surface area contributed by atoms with Crippen LogP contribution in [0.5, 0.6) is 5.75 Å². The maximum atomic E-state index is 12.5. The highest BCUT2D eigenvalue weighted by Gasteiger charge is 2.27. The van der Waals surface area contributed by atoms with Crippen molar-refractivity contribution in [2.45, 2.75) is 13.3 Å². The molecule has 2 N–H and O–H groups in total. The fraction of sp³-hybridized carbons (Fsp3) is 0.438. The van der Waals surface area contributed by atoms with Crippen LogP contribution in [0.1, 0.15) is 23.8 Å². The van der Waals surface area contributed by atoms with Crippen molar-refractivity contribution in [1.82, 2.24) is 9.88 Å². The number of benzene rings is 1. The lowest BCUT2D eigenvalue weighted by atomic mass is 10.1. The monoisotopic (exact) mass is 288 g/mol. The molecule has 1 aliphatic rings. The maximum absolute atomic E-state index is 12.5. The summed E-state index contributed by atoms with van der Waals surface area (Å²) in [5, 5.41) is 10.2. The number of aromatic amines is 1. The highest BCUT2D eigenvalue weighted by molar-refractivity contribution is 5.98. The number of nitrogens with one attached hydrogen (secondary N) is 1. The number of ether oxygens (including phenoxy) is 1. The van der Waals surface area contributed by atoms with E-state index in [0.29, 0.717) is 25.4 Å². The first-order chi connectivity index (χ1) is 10.2. The second-order valence-electron chi connectivity index (χ2n) is 5.45. The van der Waals surface area contributed by atoms with Crippen LogP contribution in [0.3, 0.4) is 0 Å². The molecular weight excluding hydrogens is 268 g/mol. The number of aliphatic hydroxyl groups is 1. The van der Waals surface area contributed by atoms with Crippen LogP contribution in [0.15, 0.2) is 24.3 Å². The molecule has 1 amide bonds. The number of hydrogen-bond acceptors (Lipinski definition) is 3. The third-order valence-electron chi connectivity index (χ3n) is 3.97. The third kappa shape index (κ3) is 2.74. The molecule has 0 bridgehead atoms. The highest BCUT2D eigenvalue weighted by Crippen LogP contribution is 2.24. The molecule has 1 aromatic heterocycles. The summed E-state index contributed by atoms with van der Waals surface area (Å²) in [4.78, 5) is 17.4. The molecule has 0 radical (unpaired) electrons. The average Bonchev–Trinajstić information content (AvgIpc) is 3.13. The third-order valence-corrected chi connectivity index (χ3v) is 3.97. The number of likely N-dealkylation sites (tertiary alicyclic amines) is 1. The average molecular weight is 288 g/mol. The second kappa shape index (κ2) is 5.77. The van der Waals surface area contributed by atoms with E-state index >= 15 is 0 Å². The van der Waals surface area contributed by atoms with Crippen LogP contribution in [0.25, 0.3) is 10.9 Å². The van der Waals surface area contributed by atoms with E-state index in [2.05, 4.69) is 4.98 Å². The van der Waals surface area contributed by atoms with Gasteiger partial charge in [-0.15, -0.1) is 0 Å². The van der Waals surface area contributed by atoms with Crippen molar-refractivity contribution in [2.75, 3.05) is 26.3 Å². The summed E-state index contributed by atoms with van der Waals surface area (Å²) in [5.41, 5.74) is 1.50. The van der Waals surface area contributed by atoms with E-state index in [-0.39, 0.29) is 18.4 Å². The first-order valence-electron chi connectivity index (χ1n) is 7.37. The summed E-state index contributed by atoms with van der Waals surface area (Å²) >= 11 is 0. The smallest absolute Gasteiger partial charge is 0.270 e. The zero-order valence-electron chi connectivity index (χ0n) is 12.1. The lowest BCUT2D eigenvalue weighted by Gasteiger charge is -2.14. The van der Waals surface area contributed by atoms with Gasteiger partial charge in [0.25, 0.3) is 5.91 Å².